The number of hydrogen-bond acceptors (Lipinski definition) is 2. The molecule has 21 heavy (non-hydrogen) atoms. The number of halogens is 1. The molecule has 1 saturated heterocycles. The van der Waals surface area contributed by atoms with Crippen LogP contribution in [-0.2, 0) is 9.59 Å². The van der Waals surface area contributed by atoms with Gasteiger partial charge in [0.15, 0.2) is 0 Å². The van der Waals surface area contributed by atoms with Crippen LogP contribution in [0.15, 0.2) is 24.3 Å². The van der Waals surface area contributed by atoms with Crippen molar-refractivity contribution in [2.75, 3.05) is 24.5 Å². The SMILES string of the molecule is CC(=O)N(CC(=O)N1CCCCCC1)c1ccccc1Cl. The van der Waals surface area contributed by atoms with Crippen molar-refractivity contribution < 1.29 is 9.59 Å². The number of amides is 2. The molecule has 5 heteroatoms. The van der Waals surface area contributed by atoms with Crippen molar-refractivity contribution in [3.63, 3.8) is 0 Å². The molecule has 0 radical (unpaired) electrons. The summed E-state index contributed by atoms with van der Waals surface area (Å²) in [5.74, 6) is -0.182. The Bertz CT molecular complexity index is 511. The van der Waals surface area contributed by atoms with Gasteiger partial charge in [-0.2, -0.15) is 0 Å². The number of para-hydroxylation sites is 1. The van der Waals surface area contributed by atoms with E-state index in [1.54, 1.807) is 18.2 Å². The molecule has 1 heterocycles. The molecule has 1 aromatic carbocycles. The van der Waals surface area contributed by atoms with Gasteiger partial charge in [-0.1, -0.05) is 36.6 Å². The number of likely N-dealkylation sites (tertiary alicyclic amines) is 1. The highest BCUT2D eigenvalue weighted by atomic mass is 35.5. The van der Waals surface area contributed by atoms with Crippen LogP contribution in [0.25, 0.3) is 0 Å². The Morgan fingerprint density at radius 2 is 1.76 bits per heavy atom. The molecular weight excluding hydrogens is 288 g/mol. The molecule has 0 aliphatic carbocycles. The number of rotatable bonds is 3. The summed E-state index contributed by atoms with van der Waals surface area (Å²) in [4.78, 5) is 27.6. The van der Waals surface area contributed by atoms with Crippen molar-refractivity contribution in [1.82, 2.24) is 4.90 Å². The van der Waals surface area contributed by atoms with Crippen molar-refractivity contribution in [2.24, 2.45) is 0 Å². The minimum atomic E-state index is -0.175. The van der Waals surface area contributed by atoms with Crippen LogP contribution >= 0.6 is 11.6 Å². The number of carbonyl (C=O) groups excluding carboxylic acids is 2. The third kappa shape index (κ3) is 4.21. The van der Waals surface area contributed by atoms with E-state index < -0.39 is 0 Å². The fraction of sp³-hybridized carbons (Fsp3) is 0.500. The van der Waals surface area contributed by atoms with Crippen molar-refractivity contribution >= 4 is 29.1 Å². The first kappa shape index (κ1) is 15.8. The van der Waals surface area contributed by atoms with E-state index in [1.807, 2.05) is 11.0 Å². The highest BCUT2D eigenvalue weighted by Gasteiger charge is 2.22. The number of carbonyl (C=O) groups is 2. The topological polar surface area (TPSA) is 40.6 Å². The average Bonchev–Trinajstić information content (AvgIpc) is 2.74. The lowest BCUT2D eigenvalue weighted by Gasteiger charge is -2.26. The number of anilines is 1. The molecule has 1 aliphatic heterocycles. The smallest absolute Gasteiger partial charge is 0.242 e. The third-order valence-electron chi connectivity index (χ3n) is 3.78. The van der Waals surface area contributed by atoms with Crippen LogP contribution in [0.1, 0.15) is 32.6 Å². The molecule has 0 bridgehead atoms. The maximum Gasteiger partial charge on any atom is 0.242 e. The van der Waals surface area contributed by atoms with Gasteiger partial charge in [0.05, 0.1) is 10.7 Å². The zero-order valence-corrected chi connectivity index (χ0v) is 13.1. The first-order valence-electron chi connectivity index (χ1n) is 7.40. The number of nitrogens with zero attached hydrogens (tertiary/aromatic N) is 2. The van der Waals surface area contributed by atoms with E-state index in [0.717, 1.165) is 25.9 Å². The van der Waals surface area contributed by atoms with Crippen LogP contribution < -0.4 is 4.90 Å². The lowest BCUT2D eigenvalue weighted by molar-refractivity contribution is -0.131. The second kappa shape index (κ2) is 7.46. The molecule has 114 valence electrons. The molecule has 0 spiro atoms. The Morgan fingerprint density at radius 3 is 2.33 bits per heavy atom. The van der Waals surface area contributed by atoms with Gasteiger partial charge < -0.3 is 9.80 Å². The van der Waals surface area contributed by atoms with Crippen LogP contribution in [0.4, 0.5) is 5.69 Å². The fourth-order valence-corrected chi connectivity index (χ4v) is 2.83. The van der Waals surface area contributed by atoms with Gasteiger partial charge in [-0.05, 0) is 25.0 Å². The number of hydrogen-bond donors (Lipinski definition) is 0. The van der Waals surface area contributed by atoms with E-state index in [9.17, 15) is 9.59 Å². The fourth-order valence-electron chi connectivity index (χ4n) is 2.59. The van der Waals surface area contributed by atoms with Gasteiger partial charge in [-0.3, -0.25) is 9.59 Å². The van der Waals surface area contributed by atoms with Gasteiger partial charge >= 0.3 is 0 Å². The van der Waals surface area contributed by atoms with Gasteiger partial charge in [0.1, 0.15) is 6.54 Å². The zero-order chi connectivity index (χ0) is 15.2. The first-order chi connectivity index (χ1) is 10.1. The largest absolute Gasteiger partial charge is 0.341 e. The summed E-state index contributed by atoms with van der Waals surface area (Å²) in [6, 6.07) is 7.11. The van der Waals surface area contributed by atoms with E-state index in [-0.39, 0.29) is 18.4 Å². The molecular formula is C16H21ClN2O2. The van der Waals surface area contributed by atoms with Crippen LogP contribution in [-0.4, -0.2) is 36.3 Å². The minimum Gasteiger partial charge on any atom is -0.341 e. The first-order valence-corrected chi connectivity index (χ1v) is 7.78. The highest BCUT2D eigenvalue weighted by molar-refractivity contribution is 6.33. The van der Waals surface area contributed by atoms with Gasteiger partial charge in [-0.15, -0.1) is 0 Å². The summed E-state index contributed by atoms with van der Waals surface area (Å²) in [5.41, 5.74) is 0.592. The Balaban J connectivity index is 2.11. The molecule has 0 unspecified atom stereocenters. The molecule has 1 aliphatic rings. The molecule has 2 amide bonds. The van der Waals surface area contributed by atoms with Crippen LogP contribution in [0.2, 0.25) is 5.02 Å². The van der Waals surface area contributed by atoms with Gasteiger partial charge in [-0.25, -0.2) is 0 Å². The molecule has 1 fully saturated rings. The van der Waals surface area contributed by atoms with Gasteiger partial charge in [0.25, 0.3) is 0 Å². The second-order valence-corrected chi connectivity index (χ2v) is 5.76. The van der Waals surface area contributed by atoms with E-state index in [0.29, 0.717) is 10.7 Å². The quantitative estimate of drug-likeness (QED) is 0.861. The molecule has 0 saturated carbocycles. The van der Waals surface area contributed by atoms with E-state index in [1.165, 1.54) is 24.7 Å². The van der Waals surface area contributed by atoms with Crippen LogP contribution in [0, 0.1) is 0 Å². The standard InChI is InChI=1S/C16H21ClN2O2/c1-13(20)19(15-9-5-4-8-14(15)17)12-16(21)18-10-6-2-3-7-11-18/h4-5,8-9H,2-3,6-7,10-12H2,1H3. The highest BCUT2D eigenvalue weighted by Crippen LogP contribution is 2.25. The maximum atomic E-state index is 12.4. The number of benzene rings is 1. The van der Waals surface area contributed by atoms with Crippen molar-refractivity contribution in [3.8, 4) is 0 Å². The molecule has 1 aromatic rings. The predicted molar refractivity (Wildman–Crippen MR) is 84.5 cm³/mol. The Morgan fingerprint density at radius 1 is 1.14 bits per heavy atom. The Hall–Kier alpha value is -1.55. The normalized spacial score (nSPS) is 15.4. The Kier molecular flexibility index (Phi) is 5.62. The predicted octanol–water partition coefficient (Wildman–Crippen LogP) is 3.10. The van der Waals surface area contributed by atoms with E-state index >= 15 is 0 Å². The summed E-state index contributed by atoms with van der Waals surface area (Å²) in [6.07, 6.45) is 4.42. The van der Waals surface area contributed by atoms with Crippen molar-refractivity contribution in [3.05, 3.63) is 29.3 Å². The van der Waals surface area contributed by atoms with Gasteiger partial charge in [0.2, 0.25) is 11.8 Å². The summed E-state index contributed by atoms with van der Waals surface area (Å²) >= 11 is 6.14. The van der Waals surface area contributed by atoms with E-state index in [2.05, 4.69) is 0 Å². The molecule has 2 rings (SSSR count). The van der Waals surface area contributed by atoms with Crippen molar-refractivity contribution in [2.45, 2.75) is 32.6 Å². The molecule has 0 aromatic heterocycles. The summed E-state index contributed by atoms with van der Waals surface area (Å²) in [5, 5.41) is 0.483. The van der Waals surface area contributed by atoms with E-state index in [4.69, 9.17) is 11.6 Å². The maximum absolute atomic E-state index is 12.4. The van der Waals surface area contributed by atoms with Gasteiger partial charge in [0, 0.05) is 20.0 Å². The lowest BCUT2D eigenvalue weighted by Crippen LogP contribution is -2.42. The Labute approximate surface area is 130 Å². The average molecular weight is 309 g/mol. The zero-order valence-electron chi connectivity index (χ0n) is 12.3. The van der Waals surface area contributed by atoms with Crippen LogP contribution in [0.5, 0.6) is 0 Å². The second-order valence-electron chi connectivity index (χ2n) is 5.35. The van der Waals surface area contributed by atoms with Crippen LogP contribution in [0.3, 0.4) is 0 Å². The monoisotopic (exact) mass is 308 g/mol. The molecule has 4 nitrogen and oxygen atoms in total. The third-order valence-corrected chi connectivity index (χ3v) is 4.10. The minimum absolute atomic E-state index is 0.00739. The molecule has 0 N–H and O–H groups in total. The summed E-state index contributed by atoms with van der Waals surface area (Å²) < 4.78 is 0. The van der Waals surface area contributed by atoms with Crippen molar-refractivity contribution in [1.29, 1.82) is 0 Å². The molecule has 0 atom stereocenters. The lowest BCUT2D eigenvalue weighted by atomic mass is 10.2. The summed E-state index contributed by atoms with van der Waals surface area (Å²) in [7, 11) is 0. The summed E-state index contributed by atoms with van der Waals surface area (Å²) in [6.45, 7) is 3.08.